The number of nitrogens with zero attached hydrogens (tertiary/aromatic N) is 2. The van der Waals surface area contributed by atoms with Crippen LogP contribution in [-0.2, 0) is 11.2 Å². The number of amides is 1. The third-order valence-corrected chi connectivity index (χ3v) is 3.59. The molecular formula is C13H22ClN3O2. The molecule has 0 bridgehead atoms. The number of hydrogen-bond donors (Lipinski definition) is 1. The zero-order valence-corrected chi connectivity index (χ0v) is 12.5. The quantitative estimate of drug-likeness (QED) is 0.914. The van der Waals surface area contributed by atoms with Crippen LogP contribution in [0.4, 0.5) is 0 Å². The van der Waals surface area contributed by atoms with Crippen molar-refractivity contribution in [3.63, 3.8) is 0 Å². The fraction of sp³-hybridized carbons (Fsp3) is 0.692. The minimum absolute atomic E-state index is 0. The Hall–Kier alpha value is -1.07. The Kier molecular flexibility index (Phi) is 5.82. The van der Waals surface area contributed by atoms with Gasteiger partial charge < -0.3 is 14.7 Å². The number of hydrogen-bond acceptors (Lipinski definition) is 4. The van der Waals surface area contributed by atoms with Crippen molar-refractivity contribution in [2.24, 2.45) is 0 Å². The van der Waals surface area contributed by atoms with Crippen LogP contribution < -0.4 is 5.32 Å². The number of aromatic nitrogens is 1. The monoisotopic (exact) mass is 287 g/mol. The molecule has 5 nitrogen and oxygen atoms in total. The Morgan fingerprint density at radius 3 is 2.84 bits per heavy atom. The fourth-order valence-corrected chi connectivity index (χ4v) is 2.45. The molecule has 19 heavy (non-hydrogen) atoms. The summed E-state index contributed by atoms with van der Waals surface area (Å²) in [5, 5.41) is 7.20. The van der Waals surface area contributed by atoms with Gasteiger partial charge in [0.1, 0.15) is 5.76 Å². The molecule has 2 heterocycles. The van der Waals surface area contributed by atoms with Gasteiger partial charge in [-0.05, 0) is 27.2 Å². The predicted molar refractivity (Wildman–Crippen MR) is 75.6 cm³/mol. The van der Waals surface area contributed by atoms with E-state index >= 15 is 0 Å². The summed E-state index contributed by atoms with van der Waals surface area (Å²) in [5.41, 5.74) is 1.97. The van der Waals surface area contributed by atoms with Crippen molar-refractivity contribution in [3.05, 3.63) is 17.0 Å². The standard InChI is InChI=1S/C13H21N3O2.ClH/c1-9-8-14-6-7-16(9)13(17)5-4-12-10(2)15-18-11(12)3;/h9,14H,4-8H2,1-3H3;1H/t9-;/m0./s1. The smallest absolute Gasteiger partial charge is 0.223 e. The maximum Gasteiger partial charge on any atom is 0.223 e. The van der Waals surface area contributed by atoms with Gasteiger partial charge in [0.15, 0.2) is 0 Å². The van der Waals surface area contributed by atoms with Crippen molar-refractivity contribution in [1.82, 2.24) is 15.4 Å². The lowest BCUT2D eigenvalue weighted by molar-refractivity contribution is -0.133. The second kappa shape index (κ2) is 6.91. The molecule has 1 aliphatic heterocycles. The van der Waals surface area contributed by atoms with Gasteiger partial charge in [-0.15, -0.1) is 12.4 Å². The van der Waals surface area contributed by atoms with Crippen LogP contribution in [0.25, 0.3) is 0 Å². The number of nitrogens with one attached hydrogen (secondary N) is 1. The Balaban J connectivity index is 0.00000180. The van der Waals surface area contributed by atoms with Crippen molar-refractivity contribution in [2.75, 3.05) is 19.6 Å². The summed E-state index contributed by atoms with van der Waals surface area (Å²) in [7, 11) is 0. The minimum Gasteiger partial charge on any atom is -0.361 e. The molecule has 2 rings (SSSR count). The molecule has 0 aliphatic carbocycles. The third kappa shape index (κ3) is 3.70. The first-order valence-corrected chi connectivity index (χ1v) is 6.51. The van der Waals surface area contributed by atoms with Crippen molar-refractivity contribution >= 4 is 18.3 Å². The molecule has 1 amide bonds. The SMILES string of the molecule is Cc1noc(C)c1CCC(=O)N1CCNC[C@@H]1C.Cl. The highest BCUT2D eigenvalue weighted by Crippen LogP contribution is 2.15. The van der Waals surface area contributed by atoms with Gasteiger partial charge >= 0.3 is 0 Å². The van der Waals surface area contributed by atoms with Crippen molar-refractivity contribution in [1.29, 1.82) is 0 Å². The second-order valence-electron chi connectivity index (χ2n) is 4.94. The normalized spacial score (nSPS) is 19.1. The van der Waals surface area contributed by atoms with Crippen molar-refractivity contribution in [3.8, 4) is 0 Å². The van der Waals surface area contributed by atoms with Crippen LogP contribution in [0.2, 0.25) is 0 Å². The van der Waals surface area contributed by atoms with Gasteiger partial charge in [-0.2, -0.15) is 0 Å². The molecule has 1 aromatic heterocycles. The molecule has 0 radical (unpaired) electrons. The number of piperazine rings is 1. The number of halogens is 1. The summed E-state index contributed by atoms with van der Waals surface area (Å²) < 4.78 is 5.11. The lowest BCUT2D eigenvalue weighted by Gasteiger charge is -2.34. The first kappa shape index (κ1) is 16.0. The van der Waals surface area contributed by atoms with Gasteiger partial charge in [0.25, 0.3) is 0 Å². The second-order valence-corrected chi connectivity index (χ2v) is 4.94. The summed E-state index contributed by atoms with van der Waals surface area (Å²) in [5.74, 6) is 1.05. The highest BCUT2D eigenvalue weighted by atomic mass is 35.5. The highest BCUT2D eigenvalue weighted by Gasteiger charge is 2.23. The van der Waals surface area contributed by atoms with E-state index in [0.29, 0.717) is 6.42 Å². The van der Waals surface area contributed by atoms with E-state index in [-0.39, 0.29) is 24.4 Å². The minimum atomic E-state index is 0. The summed E-state index contributed by atoms with van der Waals surface area (Å²) in [4.78, 5) is 14.1. The molecule has 1 aliphatic rings. The lowest BCUT2D eigenvalue weighted by Crippen LogP contribution is -2.52. The van der Waals surface area contributed by atoms with Gasteiger partial charge in [0, 0.05) is 37.7 Å². The molecule has 108 valence electrons. The maximum atomic E-state index is 12.2. The van der Waals surface area contributed by atoms with Crippen LogP contribution in [0, 0.1) is 13.8 Å². The van der Waals surface area contributed by atoms with Crippen LogP contribution in [-0.4, -0.2) is 41.6 Å². The molecule has 1 aromatic rings. The molecule has 1 N–H and O–H groups in total. The van der Waals surface area contributed by atoms with E-state index in [1.54, 1.807) is 0 Å². The Morgan fingerprint density at radius 2 is 2.26 bits per heavy atom. The number of carbonyl (C=O) groups is 1. The zero-order valence-electron chi connectivity index (χ0n) is 11.7. The molecule has 0 unspecified atom stereocenters. The van der Waals surface area contributed by atoms with Gasteiger partial charge in [-0.25, -0.2) is 0 Å². The third-order valence-electron chi connectivity index (χ3n) is 3.59. The first-order chi connectivity index (χ1) is 8.59. The van der Waals surface area contributed by atoms with Gasteiger partial charge in [-0.1, -0.05) is 5.16 Å². The van der Waals surface area contributed by atoms with E-state index < -0.39 is 0 Å². The first-order valence-electron chi connectivity index (χ1n) is 6.51. The largest absolute Gasteiger partial charge is 0.361 e. The molecule has 0 spiro atoms. The van der Waals surface area contributed by atoms with E-state index in [1.807, 2.05) is 18.7 Å². The zero-order chi connectivity index (χ0) is 13.1. The summed E-state index contributed by atoms with van der Waals surface area (Å²) in [6, 6.07) is 0.288. The topological polar surface area (TPSA) is 58.4 Å². The fourth-order valence-electron chi connectivity index (χ4n) is 2.45. The lowest BCUT2D eigenvalue weighted by atomic mass is 10.1. The summed E-state index contributed by atoms with van der Waals surface area (Å²) in [6.45, 7) is 8.48. The Morgan fingerprint density at radius 1 is 1.53 bits per heavy atom. The molecule has 1 saturated heterocycles. The van der Waals surface area contributed by atoms with Crippen LogP contribution in [0.15, 0.2) is 4.52 Å². The van der Waals surface area contributed by atoms with Crippen molar-refractivity contribution < 1.29 is 9.32 Å². The Bertz CT molecular complexity index is 414. The van der Waals surface area contributed by atoms with E-state index in [4.69, 9.17) is 4.52 Å². The molecule has 6 heteroatoms. The van der Waals surface area contributed by atoms with Crippen molar-refractivity contribution in [2.45, 2.75) is 39.7 Å². The number of aryl methyl sites for hydroxylation is 2. The predicted octanol–water partition coefficient (Wildman–Crippen LogP) is 1.47. The van der Waals surface area contributed by atoms with Crippen LogP contribution in [0.1, 0.15) is 30.4 Å². The van der Waals surface area contributed by atoms with E-state index in [0.717, 1.165) is 43.1 Å². The Labute approximate surface area is 120 Å². The average Bonchev–Trinajstić information content (AvgIpc) is 2.67. The van der Waals surface area contributed by atoms with E-state index in [9.17, 15) is 4.79 Å². The van der Waals surface area contributed by atoms with Crippen LogP contribution in [0.3, 0.4) is 0 Å². The molecule has 1 fully saturated rings. The van der Waals surface area contributed by atoms with Gasteiger partial charge in [0.2, 0.25) is 5.91 Å². The molecular weight excluding hydrogens is 266 g/mol. The van der Waals surface area contributed by atoms with E-state index in [2.05, 4.69) is 17.4 Å². The molecule has 0 saturated carbocycles. The highest BCUT2D eigenvalue weighted by molar-refractivity contribution is 5.85. The number of rotatable bonds is 3. The average molecular weight is 288 g/mol. The molecule has 1 atom stereocenters. The van der Waals surface area contributed by atoms with E-state index in [1.165, 1.54) is 0 Å². The maximum absolute atomic E-state index is 12.2. The van der Waals surface area contributed by atoms with Gasteiger partial charge in [0.05, 0.1) is 5.69 Å². The summed E-state index contributed by atoms with van der Waals surface area (Å²) >= 11 is 0. The van der Waals surface area contributed by atoms with Gasteiger partial charge in [-0.3, -0.25) is 4.79 Å². The summed E-state index contributed by atoms with van der Waals surface area (Å²) in [6.07, 6.45) is 1.25. The van der Waals surface area contributed by atoms with Crippen LogP contribution in [0.5, 0.6) is 0 Å². The molecule has 0 aromatic carbocycles. The number of carbonyl (C=O) groups excluding carboxylic acids is 1. The van der Waals surface area contributed by atoms with Crippen LogP contribution >= 0.6 is 12.4 Å².